The van der Waals surface area contributed by atoms with Gasteiger partial charge in [0.05, 0.1) is 7.11 Å². The maximum absolute atomic E-state index is 12.3. The molecule has 2 N–H and O–H groups in total. The van der Waals surface area contributed by atoms with Crippen molar-refractivity contribution in [1.82, 2.24) is 0 Å². The van der Waals surface area contributed by atoms with Crippen LogP contribution in [0.2, 0.25) is 0 Å². The Hall–Kier alpha value is -3.02. The van der Waals surface area contributed by atoms with E-state index in [1.165, 1.54) is 0 Å². The van der Waals surface area contributed by atoms with E-state index in [1.807, 2.05) is 13.8 Å². The number of hydrogen-bond acceptors (Lipinski definition) is 4. The number of rotatable bonds is 7. The molecule has 0 unspecified atom stereocenters. The van der Waals surface area contributed by atoms with Gasteiger partial charge in [-0.15, -0.1) is 0 Å². The lowest BCUT2D eigenvalue weighted by atomic mass is 10.2. The molecule has 138 valence electrons. The second-order valence-electron chi connectivity index (χ2n) is 6.15. The summed E-state index contributed by atoms with van der Waals surface area (Å²) in [6.07, 6.45) is -0.663. The number of benzene rings is 2. The van der Waals surface area contributed by atoms with E-state index in [0.29, 0.717) is 17.1 Å². The summed E-state index contributed by atoms with van der Waals surface area (Å²) in [5.41, 5.74) is 1.31. The molecular formula is C20H24N2O4. The molecule has 0 fully saturated rings. The van der Waals surface area contributed by atoms with Crippen LogP contribution < -0.4 is 20.1 Å². The second kappa shape index (κ2) is 8.89. The van der Waals surface area contributed by atoms with Crippen molar-refractivity contribution in [2.24, 2.45) is 5.92 Å². The molecule has 0 saturated heterocycles. The van der Waals surface area contributed by atoms with Crippen molar-refractivity contribution in [1.29, 1.82) is 0 Å². The third-order valence-corrected chi connectivity index (χ3v) is 3.69. The maximum Gasteiger partial charge on any atom is 0.265 e. The molecule has 0 aliphatic rings. The molecule has 0 heterocycles. The van der Waals surface area contributed by atoms with Gasteiger partial charge in [0.25, 0.3) is 5.91 Å². The number of hydrogen-bond donors (Lipinski definition) is 2. The van der Waals surface area contributed by atoms with Crippen LogP contribution in [0.1, 0.15) is 20.8 Å². The molecule has 6 nitrogen and oxygen atoms in total. The molecule has 0 bridgehead atoms. The van der Waals surface area contributed by atoms with Crippen LogP contribution in [0.5, 0.6) is 11.5 Å². The average molecular weight is 356 g/mol. The van der Waals surface area contributed by atoms with Crippen molar-refractivity contribution in [3.05, 3.63) is 48.5 Å². The second-order valence-corrected chi connectivity index (χ2v) is 6.15. The van der Waals surface area contributed by atoms with Crippen LogP contribution in [0, 0.1) is 5.92 Å². The third kappa shape index (κ3) is 5.51. The van der Waals surface area contributed by atoms with Crippen LogP contribution in [-0.2, 0) is 9.59 Å². The summed E-state index contributed by atoms with van der Waals surface area (Å²) >= 11 is 0. The van der Waals surface area contributed by atoms with E-state index in [1.54, 1.807) is 62.6 Å². The molecule has 1 atom stereocenters. The molecule has 6 heteroatoms. The lowest BCUT2D eigenvalue weighted by Crippen LogP contribution is -2.30. The molecule has 0 aliphatic heterocycles. The first-order valence-corrected chi connectivity index (χ1v) is 8.41. The topological polar surface area (TPSA) is 76.7 Å². The summed E-state index contributed by atoms with van der Waals surface area (Å²) in [7, 11) is 1.59. The van der Waals surface area contributed by atoms with Gasteiger partial charge in [-0.05, 0) is 55.5 Å². The fraction of sp³-hybridized carbons (Fsp3) is 0.300. The first kappa shape index (κ1) is 19.3. The van der Waals surface area contributed by atoms with Crippen molar-refractivity contribution in [3.63, 3.8) is 0 Å². The van der Waals surface area contributed by atoms with Gasteiger partial charge in [-0.1, -0.05) is 13.8 Å². The first-order valence-electron chi connectivity index (χ1n) is 8.41. The summed E-state index contributed by atoms with van der Waals surface area (Å²) in [5.74, 6) is 0.896. The van der Waals surface area contributed by atoms with Crippen molar-refractivity contribution < 1.29 is 19.1 Å². The zero-order valence-corrected chi connectivity index (χ0v) is 15.4. The Balaban J connectivity index is 1.90. The molecule has 26 heavy (non-hydrogen) atoms. The fourth-order valence-electron chi connectivity index (χ4n) is 2.08. The SMILES string of the molecule is COc1ccc(O[C@H](C)C(=O)Nc2ccc(NC(=O)C(C)C)cc2)cc1. The predicted octanol–water partition coefficient (Wildman–Crippen LogP) is 3.70. The smallest absolute Gasteiger partial charge is 0.265 e. The molecule has 2 amide bonds. The fourth-order valence-corrected chi connectivity index (χ4v) is 2.08. The molecule has 0 saturated carbocycles. The van der Waals surface area contributed by atoms with Gasteiger partial charge in [-0.3, -0.25) is 9.59 Å². The van der Waals surface area contributed by atoms with Crippen molar-refractivity contribution in [3.8, 4) is 11.5 Å². The van der Waals surface area contributed by atoms with E-state index in [0.717, 1.165) is 5.75 Å². The number of methoxy groups -OCH3 is 1. The Morgan fingerprint density at radius 2 is 1.23 bits per heavy atom. The quantitative estimate of drug-likeness (QED) is 0.793. The lowest BCUT2D eigenvalue weighted by Gasteiger charge is -2.15. The minimum atomic E-state index is -0.663. The summed E-state index contributed by atoms with van der Waals surface area (Å²) in [4.78, 5) is 23.9. The van der Waals surface area contributed by atoms with Crippen LogP contribution >= 0.6 is 0 Å². The summed E-state index contributed by atoms with van der Waals surface area (Å²) < 4.78 is 10.7. The predicted molar refractivity (Wildman–Crippen MR) is 102 cm³/mol. The van der Waals surface area contributed by atoms with E-state index < -0.39 is 6.10 Å². The van der Waals surface area contributed by atoms with Gasteiger partial charge in [-0.25, -0.2) is 0 Å². The van der Waals surface area contributed by atoms with E-state index in [2.05, 4.69) is 10.6 Å². The largest absolute Gasteiger partial charge is 0.497 e. The van der Waals surface area contributed by atoms with Gasteiger partial charge >= 0.3 is 0 Å². The van der Waals surface area contributed by atoms with E-state index in [4.69, 9.17) is 9.47 Å². The highest BCUT2D eigenvalue weighted by molar-refractivity contribution is 5.95. The van der Waals surface area contributed by atoms with Crippen molar-refractivity contribution >= 4 is 23.2 Å². The standard InChI is InChI=1S/C20H24N2O4/c1-13(2)19(23)21-15-5-7-16(8-6-15)22-20(24)14(3)26-18-11-9-17(25-4)10-12-18/h5-14H,1-4H3,(H,21,23)(H,22,24)/t14-/m1/s1. The van der Waals surface area contributed by atoms with Gasteiger partial charge in [0, 0.05) is 17.3 Å². The molecule has 2 rings (SSSR count). The number of anilines is 2. The van der Waals surface area contributed by atoms with Crippen molar-refractivity contribution in [2.75, 3.05) is 17.7 Å². The number of carbonyl (C=O) groups is 2. The van der Waals surface area contributed by atoms with E-state index in [-0.39, 0.29) is 17.7 Å². The zero-order valence-electron chi connectivity index (χ0n) is 15.4. The molecule has 0 aliphatic carbocycles. The molecule has 0 aromatic heterocycles. The Kier molecular flexibility index (Phi) is 6.60. The average Bonchev–Trinajstić information content (AvgIpc) is 2.63. The number of ether oxygens (including phenoxy) is 2. The summed E-state index contributed by atoms with van der Waals surface area (Å²) in [6, 6.07) is 14.0. The summed E-state index contributed by atoms with van der Waals surface area (Å²) in [5, 5.41) is 5.59. The summed E-state index contributed by atoms with van der Waals surface area (Å²) in [6.45, 7) is 5.33. The molecule has 2 aromatic carbocycles. The van der Waals surface area contributed by atoms with Crippen molar-refractivity contribution in [2.45, 2.75) is 26.9 Å². The van der Waals surface area contributed by atoms with Crippen LogP contribution in [0.4, 0.5) is 11.4 Å². The van der Waals surface area contributed by atoms with Crippen LogP contribution in [0.3, 0.4) is 0 Å². The number of amides is 2. The normalized spacial score (nSPS) is 11.6. The maximum atomic E-state index is 12.3. The van der Waals surface area contributed by atoms with Gasteiger partial charge in [0.1, 0.15) is 11.5 Å². The Morgan fingerprint density at radius 3 is 1.69 bits per heavy atom. The minimum absolute atomic E-state index is 0.0525. The lowest BCUT2D eigenvalue weighted by molar-refractivity contribution is -0.122. The van der Waals surface area contributed by atoms with Gasteiger partial charge < -0.3 is 20.1 Å². The zero-order chi connectivity index (χ0) is 19.1. The molecule has 2 aromatic rings. The van der Waals surface area contributed by atoms with E-state index in [9.17, 15) is 9.59 Å². The van der Waals surface area contributed by atoms with Gasteiger partial charge in [0.15, 0.2) is 6.10 Å². The Bertz CT molecular complexity index is 739. The van der Waals surface area contributed by atoms with Crippen LogP contribution in [0.25, 0.3) is 0 Å². The molecule has 0 spiro atoms. The third-order valence-electron chi connectivity index (χ3n) is 3.69. The molecular weight excluding hydrogens is 332 g/mol. The highest BCUT2D eigenvalue weighted by Gasteiger charge is 2.15. The number of carbonyl (C=O) groups excluding carboxylic acids is 2. The van der Waals surface area contributed by atoms with Crippen LogP contribution in [-0.4, -0.2) is 25.0 Å². The monoisotopic (exact) mass is 356 g/mol. The number of nitrogens with one attached hydrogen (secondary N) is 2. The van der Waals surface area contributed by atoms with Gasteiger partial charge in [-0.2, -0.15) is 0 Å². The van der Waals surface area contributed by atoms with Gasteiger partial charge in [0.2, 0.25) is 5.91 Å². The molecule has 0 radical (unpaired) electrons. The Morgan fingerprint density at radius 1 is 0.769 bits per heavy atom. The highest BCUT2D eigenvalue weighted by Crippen LogP contribution is 2.19. The minimum Gasteiger partial charge on any atom is -0.497 e. The van der Waals surface area contributed by atoms with Crippen LogP contribution in [0.15, 0.2) is 48.5 Å². The Labute approximate surface area is 153 Å². The van der Waals surface area contributed by atoms with E-state index >= 15 is 0 Å². The first-order chi connectivity index (χ1) is 12.4. The highest BCUT2D eigenvalue weighted by atomic mass is 16.5.